The lowest BCUT2D eigenvalue weighted by Crippen LogP contribution is -2.56. The molecule has 4 N–H and O–H groups in total. The predicted molar refractivity (Wildman–Crippen MR) is 34.9 cm³/mol. The van der Waals surface area contributed by atoms with E-state index in [1.54, 1.807) is 0 Å². The Labute approximate surface area is 63.2 Å². The molecule has 0 heterocycles. The summed E-state index contributed by atoms with van der Waals surface area (Å²) in [6.45, 7) is 0.267. The van der Waals surface area contributed by atoms with Gasteiger partial charge in [-0.25, -0.2) is 0 Å². The van der Waals surface area contributed by atoms with E-state index in [1.165, 1.54) is 0 Å². The second-order valence-electron chi connectivity index (χ2n) is 2.12. The first kappa shape index (κ1) is 12.7. The highest BCUT2D eigenvalue weighted by atomic mass is 35.5. The second kappa shape index (κ2) is 3.41. The van der Waals surface area contributed by atoms with Gasteiger partial charge in [-0.2, -0.15) is 13.2 Å². The normalized spacial score (nSPS) is 17.4. The largest absolute Gasteiger partial charge is 0.407 e. The molecule has 0 aliphatic heterocycles. The Hall–Kier alpha value is -0.0000000000000000555. The molecule has 0 saturated heterocycles. The Bertz CT molecular complexity index is 101. The Morgan fingerprint density at radius 1 is 1.30 bits per heavy atom. The smallest absolute Gasteiger partial charge is 0.328 e. The number of alkyl halides is 3. The SMILES string of the molecule is C[C@](N)(CN)C(F)(F)F.Cl. The third-order valence-electron chi connectivity index (χ3n) is 1.07. The van der Waals surface area contributed by atoms with E-state index >= 15 is 0 Å². The molecule has 0 saturated carbocycles. The average Bonchev–Trinajstić information content (AvgIpc) is 1.64. The molecule has 10 heavy (non-hydrogen) atoms. The van der Waals surface area contributed by atoms with Gasteiger partial charge in [-0.05, 0) is 6.92 Å². The number of hydrogen-bond acceptors (Lipinski definition) is 2. The second-order valence-corrected chi connectivity index (χ2v) is 2.12. The van der Waals surface area contributed by atoms with Crippen molar-refractivity contribution < 1.29 is 13.2 Å². The van der Waals surface area contributed by atoms with Crippen LogP contribution in [-0.4, -0.2) is 18.3 Å². The summed E-state index contributed by atoms with van der Waals surface area (Å²) in [4.78, 5) is 0. The van der Waals surface area contributed by atoms with E-state index < -0.39 is 18.3 Å². The zero-order valence-corrected chi connectivity index (χ0v) is 6.22. The van der Waals surface area contributed by atoms with Crippen molar-refractivity contribution in [1.29, 1.82) is 0 Å². The summed E-state index contributed by atoms with van der Waals surface area (Å²) >= 11 is 0. The monoisotopic (exact) mass is 178 g/mol. The van der Waals surface area contributed by atoms with Gasteiger partial charge in [0, 0.05) is 6.54 Å². The van der Waals surface area contributed by atoms with Crippen molar-refractivity contribution in [3.05, 3.63) is 0 Å². The van der Waals surface area contributed by atoms with Crippen LogP contribution in [-0.2, 0) is 0 Å². The molecule has 6 heteroatoms. The molecule has 0 fully saturated rings. The Morgan fingerprint density at radius 2 is 1.60 bits per heavy atom. The van der Waals surface area contributed by atoms with Crippen LogP contribution < -0.4 is 11.5 Å². The van der Waals surface area contributed by atoms with Gasteiger partial charge in [-0.3, -0.25) is 0 Å². The molecular weight excluding hydrogens is 169 g/mol. The molecule has 0 amide bonds. The molecule has 0 aromatic heterocycles. The number of halogens is 4. The van der Waals surface area contributed by atoms with Crippen molar-refractivity contribution in [2.45, 2.75) is 18.6 Å². The molecule has 0 aromatic rings. The van der Waals surface area contributed by atoms with Crippen LogP contribution in [0.2, 0.25) is 0 Å². The quantitative estimate of drug-likeness (QED) is 0.620. The Kier molecular flexibility index (Phi) is 4.31. The minimum Gasteiger partial charge on any atom is -0.328 e. The molecule has 0 rings (SSSR count). The van der Waals surface area contributed by atoms with Gasteiger partial charge in [-0.1, -0.05) is 0 Å². The molecule has 1 atom stereocenters. The summed E-state index contributed by atoms with van der Waals surface area (Å²) in [5, 5.41) is 0. The molecule has 0 aliphatic rings. The lowest BCUT2D eigenvalue weighted by atomic mass is 10.1. The van der Waals surface area contributed by atoms with Crippen LogP contribution in [0.5, 0.6) is 0 Å². The molecule has 0 radical (unpaired) electrons. The van der Waals surface area contributed by atoms with Crippen molar-refractivity contribution in [2.24, 2.45) is 11.5 Å². The van der Waals surface area contributed by atoms with E-state index in [2.05, 4.69) is 0 Å². The molecule has 2 nitrogen and oxygen atoms in total. The first-order chi connectivity index (χ1) is 3.81. The van der Waals surface area contributed by atoms with Gasteiger partial charge in [0.05, 0.1) is 0 Å². The van der Waals surface area contributed by atoms with Gasteiger partial charge in [-0.15, -0.1) is 12.4 Å². The third-order valence-corrected chi connectivity index (χ3v) is 1.07. The molecule has 64 valence electrons. The van der Waals surface area contributed by atoms with E-state index in [-0.39, 0.29) is 12.4 Å². The van der Waals surface area contributed by atoms with Crippen molar-refractivity contribution in [2.75, 3.05) is 6.54 Å². The van der Waals surface area contributed by atoms with Gasteiger partial charge in [0.1, 0.15) is 5.54 Å². The fourth-order valence-electron chi connectivity index (χ4n) is 0.116. The van der Waals surface area contributed by atoms with E-state index in [0.717, 1.165) is 6.92 Å². The number of rotatable bonds is 1. The first-order valence-corrected chi connectivity index (χ1v) is 2.37. The van der Waals surface area contributed by atoms with Gasteiger partial charge in [0.25, 0.3) is 0 Å². The summed E-state index contributed by atoms with van der Waals surface area (Å²) in [5.74, 6) is 0. The lowest BCUT2D eigenvalue weighted by molar-refractivity contribution is -0.177. The summed E-state index contributed by atoms with van der Waals surface area (Å²) in [6.07, 6.45) is -4.40. The minimum absolute atomic E-state index is 0. The first-order valence-electron chi connectivity index (χ1n) is 2.37. The van der Waals surface area contributed by atoms with E-state index in [4.69, 9.17) is 11.5 Å². The van der Waals surface area contributed by atoms with E-state index in [0.29, 0.717) is 0 Å². The van der Waals surface area contributed by atoms with Crippen molar-refractivity contribution >= 4 is 12.4 Å². The summed E-state index contributed by atoms with van der Waals surface area (Å²) in [5.41, 5.74) is 7.25. The standard InChI is InChI=1S/C4H9F3N2.ClH/c1-3(9,2-8)4(5,6)7;/h2,8-9H2,1H3;1H/t3-;/m0./s1. The van der Waals surface area contributed by atoms with Crippen molar-refractivity contribution in [1.82, 2.24) is 0 Å². The Balaban J connectivity index is 0. The Morgan fingerprint density at radius 3 is 1.60 bits per heavy atom. The van der Waals surface area contributed by atoms with Crippen LogP contribution in [0.25, 0.3) is 0 Å². The third kappa shape index (κ3) is 2.72. The van der Waals surface area contributed by atoms with Gasteiger partial charge in [0.15, 0.2) is 0 Å². The van der Waals surface area contributed by atoms with Gasteiger partial charge < -0.3 is 11.5 Å². The minimum atomic E-state index is -4.40. The highest BCUT2D eigenvalue weighted by Crippen LogP contribution is 2.26. The summed E-state index contributed by atoms with van der Waals surface area (Å²) in [6, 6.07) is 0. The van der Waals surface area contributed by atoms with E-state index in [1.807, 2.05) is 0 Å². The van der Waals surface area contributed by atoms with Crippen molar-refractivity contribution in [3.63, 3.8) is 0 Å². The summed E-state index contributed by atoms with van der Waals surface area (Å²) in [7, 11) is 0. The highest BCUT2D eigenvalue weighted by Gasteiger charge is 2.46. The van der Waals surface area contributed by atoms with Gasteiger partial charge >= 0.3 is 6.18 Å². The van der Waals surface area contributed by atoms with Crippen LogP contribution in [0.3, 0.4) is 0 Å². The number of nitrogens with two attached hydrogens (primary N) is 2. The molecule has 0 aromatic carbocycles. The zero-order chi connectivity index (χ0) is 7.71. The molecule has 0 spiro atoms. The fraction of sp³-hybridized carbons (Fsp3) is 1.00. The van der Waals surface area contributed by atoms with Crippen LogP contribution in [0.4, 0.5) is 13.2 Å². The van der Waals surface area contributed by atoms with Gasteiger partial charge in [0.2, 0.25) is 0 Å². The zero-order valence-electron chi connectivity index (χ0n) is 5.40. The molecule has 0 unspecified atom stereocenters. The number of hydrogen-bond donors (Lipinski definition) is 2. The maximum absolute atomic E-state index is 11.6. The highest BCUT2D eigenvalue weighted by molar-refractivity contribution is 5.85. The van der Waals surface area contributed by atoms with Crippen LogP contribution >= 0.6 is 12.4 Å². The van der Waals surface area contributed by atoms with Crippen molar-refractivity contribution in [3.8, 4) is 0 Å². The topological polar surface area (TPSA) is 52.0 Å². The molecule has 0 bridgehead atoms. The van der Waals surface area contributed by atoms with E-state index in [9.17, 15) is 13.2 Å². The molecule has 0 aliphatic carbocycles. The summed E-state index contributed by atoms with van der Waals surface area (Å²) < 4.78 is 34.9. The predicted octanol–water partition coefficient (Wildman–Crippen LogP) is 0.647. The molecular formula is C4H10ClF3N2. The maximum Gasteiger partial charge on any atom is 0.407 e. The fourth-order valence-corrected chi connectivity index (χ4v) is 0.116. The maximum atomic E-state index is 11.6. The van der Waals surface area contributed by atoms with Crippen LogP contribution in [0.15, 0.2) is 0 Å². The lowest BCUT2D eigenvalue weighted by Gasteiger charge is -2.25. The average molecular weight is 179 g/mol. The van der Waals surface area contributed by atoms with Crippen LogP contribution in [0, 0.1) is 0 Å². The van der Waals surface area contributed by atoms with Crippen LogP contribution in [0.1, 0.15) is 6.92 Å².